The first kappa shape index (κ1) is 13.9. The van der Waals surface area contributed by atoms with Gasteiger partial charge in [0.2, 0.25) is 5.95 Å². The molecule has 3 nitrogen and oxygen atoms in total. The highest BCUT2D eigenvalue weighted by molar-refractivity contribution is 7.11. The highest BCUT2D eigenvalue weighted by atomic mass is 32.1. The van der Waals surface area contributed by atoms with Crippen molar-refractivity contribution in [2.45, 2.75) is 6.54 Å². The first-order valence-electron chi connectivity index (χ1n) is 7.47. The van der Waals surface area contributed by atoms with Crippen LogP contribution in [0.4, 0.5) is 5.95 Å². The molecular formula is C19H15N3S. The molecule has 4 heteroatoms. The van der Waals surface area contributed by atoms with E-state index < -0.39 is 0 Å². The molecule has 0 unspecified atom stereocenters. The zero-order chi connectivity index (χ0) is 15.5. The molecule has 0 aliphatic heterocycles. The van der Waals surface area contributed by atoms with Crippen LogP contribution in [-0.4, -0.2) is 15.8 Å². The molecule has 2 aromatic heterocycles. The van der Waals surface area contributed by atoms with Gasteiger partial charge in [0.25, 0.3) is 0 Å². The summed E-state index contributed by atoms with van der Waals surface area (Å²) in [6.07, 6.45) is 1.88. The maximum absolute atomic E-state index is 4.68. The molecule has 0 radical (unpaired) electrons. The molecule has 2 heterocycles. The largest absolute Gasteiger partial charge is 0.304 e. The Morgan fingerprint density at radius 1 is 0.957 bits per heavy atom. The smallest absolute Gasteiger partial charge is 0.230 e. The number of fused-ring (bicyclic) bond motifs is 1. The third-order valence-electron chi connectivity index (χ3n) is 3.67. The summed E-state index contributed by atoms with van der Waals surface area (Å²) in [5.74, 6) is 0.739. The van der Waals surface area contributed by atoms with Gasteiger partial charge in [-0.25, -0.2) is 9.98 Å². The molecule has 4 aromatic rings. The van der Waals surface area contributed by atoms with Crippen molar-refractivity contribution in [3.05, 3.63) is 82.6 Å². The summed E-state index contributed by atoms with van der Waals surface area (Å²) in [4.78, 5) is 10.4. The van der Waals surface area contributed by atoms with Crippen molar-refractivity contribution >= 4 is 34.5 Å². The quantitative estimate of drug-likeness (QED) is 0.493. The Kier molecular flexibility index (Phi) is 3.74. The molecule has 0 aliphatic carbocycles. The summed E-state index contributed by atoms with van der Waals surface area (Å²) in [5.41, 5.74) is 3.32. The molecule has 4 rings (SSSR count). The molecule has 0 amide bonds. The van der Waals surface area contributed by atoms with Gasteiger partial charge >= 0.3 is 0 Å². The molecule has 0 saturated heterocycles. The Morgan fingerprint density at radius 3 is 2.61 bits per heavy atom. The lowest BCUT2D eigenvalue weighted by Crippen LogP contribution is -1.99. The first-order chi connectivity index (χ1) is 11.4. The van der Waals surface area contributed by atoms with Crippen molar-refractivity contribution in [3.63, 3.8) is 0 Å². The van der Waals surface area contributed by atoms with Gasteiger partial charge in [-0.2, -0.15) is 0 Å². The number of thiophene rings is 1. The van der Waals surface area contributed by atoms with Crippen molar-refractivity contribution in [2.24, 2.45) is 4.99 Å². The predicted molar refractivity (Wildman–Crippen MR) is 96.9 cm³/mol. The van der Waals surface area contributed by atoms with Gasteiger partial charge in [0.05, 0.1) is 17.6 Å². The molecule has 0 bridgehead atoms. The molecule has 23 heavy (non-hydrogen) atoms. The van der Waals surface area contributed by atoms with E-state index >= 15 is 0 Å². The molecule has 2 aromatic carbocycles. The van der Waals surface area contributed by atoms with Crippen LogP contribution in [0.2, 0.25) is 0 Å². The van der Waals surface area contributed by atoms with Gasteiger partial charge in [0, 0.05) is 11.1 Å². The summed E-state index contributed by atoms with van der Waals surface area (Å²) in [6.45, 7) is 0.762. The zero-order valence-electron chi connectivity index (χ0n) is 12.5. The van der Waals surface area contributed by atoms with Crippen LogP contribution in [0.15, 0.2) is 77.1 Å². The van der Waals surface area contributed by atoms with E-state index in [1.54, 1.807) is 11.3 Å². The van der Waals surface area contributed by atoms with Crippen LogP contribution >= 0.6 is 11.3 Å². The number of imidazole rings is 1. The minimum atomic E-state index is 0.739. The first-order valence-corrected chi connectivity index (χ1v) is 8.35. The van der Waals surface area contributed by atoms with Crippen molar-refractivity contribution in [1.82, 2.24) is 9.55 Å². The lowest BCUT2D eigenvalue weighted by Gasteiger charge is -2.06. The minimum absolute atomic E-state index is 0.739. The summed E-state index contributed by atoms with van der Waals surface area (Å²) in [7, 11) is 0. The van der Waals surface area contributed by atoms with E-state index in [1.165, 1.54) is 5.56 Å². The standard InChI is InChI=1S/C19H15N3S/c1-2-7-15(8-3-1)14-22-18-11-5-4-10-17(18)21-19(22)20-13-16-9-6-12-23-16/h1-13H,14H2/b20-13+. The Morgan fingerprint density at radius 2 is 1.78 bits per heavy atom. The van der Waals surface area contributed by atoms with Gasteiger partial charge in [0.15, 0.2) is 0 Å². The molecule has 112 valence electrons. The maximum Gasteiger partial charge on any atom is 0.230 e. The van der Waals surface area contributed by atoms with Gasteiger partial charge in [-0.3, -0.25) is 0 Å². The normalized spacial score (nSPS) is 11.5. The fraction of sp³-hybridized carbons (Fsp3) is 0.0526. The Bertz CT molecular complexity index is 937. The van der Waals surface area contributed by atoms with Crippen LogP contribution in [0.3, 0.4) is 0 Å². The van der Waals surface area contributed by atoms with E-state index in [0.717, 1.165) is 28.4 Å². The number of para-hydroxylation sites is 2. The van der Waals surface area contributed by atoms with Crippen LogP contribution in [-0.2, 0) is 6.54 Å². The topological polar surface area (TPSA) is 30.2 Å². The fourth-order valence-corrected chi connectivity index (χ4v) is 3.15. The number of aromatic nitrogens is 2. The molecule has 0 N–H and O–H groups in total. The number of nitrogens with zero attached hydrogens (tertiary/aromatic N) is 3. The van der Waals surface area contributed by atoms with Gasteiger partial charge in [-0.15, -0.1) is 11.3 Å². The molecule has 0 fully saturated rings. The third kappa shape index (κ3) is 2.94. The second-order valence-corrected chi connectivity index (χ2v) is 6.23. The van der Waals surface area contributed by atoms with Gasteiger partial charge in [0.1, 0.15) is 0 Å². The third-order valence-corrected chi connectivity index (χ3v) is 4.48. The Balaban J connectivity index is 1.78. The second kappa shape index (κ2) is 6.18. The van der Waals surface area contributed by atoms with Crippen LogP contribution in [0.25, 0.3) is 11.0 Å². The highest BCUT2D eigenvalue weighted by Crippen LogP contribution is 2.23. The summed E-state index contributed by atoms with van der Waals surface area (Å²) < 4.78 is 2.16. The zero-order valence-corrected chi connectivity index (χ0v) is 13.3. The number of rotatable bonds is 4. The van der Waals surface area contributed by atoms with Gasteiger partial charge in [-0.1, -0.05) is 48.5 Å². The van der Waals surface area contributed by atoms with E-state index in [0.29, 0.717) is 0 Å². The second-order valence-electron chi connectivity index (χ2n) is 5.25. The van der Waals surface area contributed by atoms with Crippen molar-refractivity contribution in [1.29, 1.82) is 0 Å². The summed E-state index contributed by atoms with van der Waals surface area (Å²) in [5, 5.41) is 2.05. The SMILES string of the molecule is C(=N\c1nc2ccccc2n1Cc1ccccc1)/c1cccs1. The number of hydrogen-bond acceptors (Lipinski definition) is 3. The lowest BCUT2D eigenvalue weighted by molar-refractivity contribution is 0.827. The fourth-order valence-electron chi connectivity index (χ4n) is 2.57. The van der Waals surface area contributed by atoms with Gasteiger partial charge < -0.3 is 4.57 Å². The monoisotopic (exact) mass is 317 g/mol. The van der Waals surface area contributed by atoms with Crippen molar-refractivity contribution < 1.29 is 0 Å². The van der Waals surface area contributed by atoms with E-state index in [9.17, 15) is 0 Å². The van der Waals surface area contributed by atoms with E-state index in [4.69, 9.17) is 0 Å². The van der Waals surface area contributed by atoms with Crippen LogP contribution in [0.5, 0.6) is 0 Å². The highest BCUT2D eigenvalue weighted by Gasteiger charge is 2.09. The summed E-state index contributed by atoms with van der Waals surface area (Å²) in [6, 6.07) is 22.7. The summed E-state index contributed by atoms with van der Waals surface area (Å²) >= 11 is 1.67. The molecule has 0 saturated carbocycles. The van der Waals surface area contributed by atoms with Crippen LogP contribution in [0, 0.1) is 0 Å². The van der Waals surface area contributed by atoms with Gasteiger partial charge in [-0.05, 0) is 29.1 Å². The number of aliphatic imine (C=N–C) groups is 1. The average Bonchev–Trinajstić information content (AvgIpc) is 3.22. The lowest BCUT2D eigenvalue weighted by atomic mass is 10.2. The Hall–Kier alpha value is -2.72. The van der Waals surface area contributed by atoms with Crippen LogP contribution in [0.1, 0.15) is 10.4 Å². The Labute approximate surface area is 138 Å². The van der Waals surface area contributed by atoms with Crippen molar-refractivity contribution in [3.8, 4) is 0 Å². The van der Waals surface area contributed by atoms with Crippen molar-refractivity contribution in [2.75, 3.05) is 0 Å². The van der Waals surface area contributed by atoms with E-state index in [2.05, 4.69) is 50.9 Å². The maximum atomic E-state index is 4.68. The number of benzene rings is 2. The predicted octanol–water partition coefficient (Wildman–Crippen LogP) is 4.90. The number of hydrogen-bond donors (Lipinski definition) is 0. The molecule has 0 atom stereocenters. The van der Waals surface area contributed by atoms with E-state index in [1.807, 2.05) is 41.9 Å². The molecule has 0 aliphatic rings. The van der Waals surface area contributed by atoms with Crippen LogP contribution < -0.4 is 0 Å². The minimum Gasteiger partial charge on any atom is -0.304 e. The molecular weight excluding hydrogens is 302 g/mol. The molecule has 0 spiro atoms. The average molecular weight is 317 g/mol. The van der Waals surface area contributed by atoms with E-state index in [-0.39, 0.29) is 0 Å².